The Kier molecular flexibility index (Phi) is 9.58. The van der Waals surface area contributed by atoms with E-state index in [0.29, 0.717) is 86.7 Å². The molecular weight excluding hydrogens is 632 g/mol. The van der Waals surface area contributed by atoms with Gasteiger partial charge in [0.15, 0.2) is 0 Å². The summed E-state index contributed by atoms with van der Waals surface area (Å²) in [5.74, 6) is 0.769. The van der Waals surface area contributed by atoms with Crippen LogP contribution in [0.3, 0.4) is 0 Å². The maximum absolute atomic E-state index is 12.1. The van der Waals surface area contributed by atoms with Gasteiger partial charge in [0.1, 0.15) is 30.3 Å². The van der Waals surface area contributed by atoms with E-state index in [4.69, 9.17) is 40.5 Å². The number of aromatic carboxylic acids is 1. The van der Waals surface area contributed by atoms with Crippen LogP contribution in [0.25, 0.3) is 22.3 Å². The predicted molar refractivity (Wildman–Crippen MR) is 182 cm³/mol. The summed E-state index contributed by atoms with van der Waals surface area (Å²) in [7, 11) is 1.84. The summed E-state index contributed by atoms with van der Waals surface area (Å²) in [6, 6.07) is 21.1. The van der Waals surface area contributed by atoms with Crippen LogP contribution in [0.15, 0.2) is 66.7 Å². The number of hydrogen-bond acceptors (Lipinski definition) is 8. The zero-order valence-corrected chi connectivity index (χ0v) is 27.5. The summed E-state index contributed by atoms with van der Waals surface area (Å²) < 4.78 is 26.4. The van der Waals surface area contributed by atoms with E-state index in [9.17, 15) is 9.90 Å². The van der Waals surface area contributed by atoms with Gasteiger partial charge in [-0.1, -0.05) is 35.9 Å². The largest absolute Gasteiger partial charge is 0.490 e. The number of benzene rings is 3. The molecule has 0 amide bonds. The van der Waals surface area contributed by atoms with Gasteiger partial charge in [-0.3, -0.25) is 0 Å². The molecule has 2 aliphatic heterocycles. The number of rotatable bonds is 9. The minimum atomic E-state index is -1.02. The topological polar surface area (TPSA) is 117 Å². The number of imidazole rings is 1. The van der Waals surface area contributed by atoms with Crippen molar-refractivity contribution in [2.75, 3.05) is 33.4 Å². The number of nitrogens with one attached hydrogen (secondary N) is 1. The van der Waals surface area contributed by atoms with Crippen LogP contribution >= 0.6 is 11.6 Å². The lowest BCUT2D eigenvalue weighted by molar-refractivity contribution is -0.0589. The van der Waals surface area contributed by atoms with Crippen LogP contribution in [0, 0.1) is 0 Å². The molecule has 1 unspecified atom stereocenters. The SMILES string of the molecule is CNCCOc1cc(C(=O)O)cc2c1nc(Cc1ccc3cc1COCCc1cc(Cl)ccc1COc1cccc-3n1)n2CC1CCO1. The number of carboxylic acid groups (broad SMARTS) is 1. The van der Waals surface area contributed by atoms with E-state index in [1.54, 1.807) is 12.1 Å². The maximum atomic E-state index is 12.1. The Morgan fingerprint density at radius 3 is 2.75 bits per heavy atom. The first-order valence-corrected chi connectivity index (χ1v) is 16.6. The van der Waals surface area contributed by atoms with Crippen molar-refractivity contribution in [1.82, 2.24) is 19.9 Å². The van der Waals surface area contributed by atoms with Crippen molar-refractivity contribution in [3.05, 3.63) is 105 Å². The molecular formula is C37H37ClN4O6. The fourth-order valence-corrected chi connectivity index (χ4v) is 6.30. The average molecular weight is 669 g/mol. The third kappa shape index (κ3) is 7.02. The van der Waals surface area contributed by atoms with Crippen LogP contribution in [0.5, 0.6) is 11.6 Å². The highest BCUT2D eigenvalue weighted by atomic mass is 35.5. The molecule has 4 heterocycles. The average Bonchev–Trinajstić information content (AvgIpc) is 3.41. The molecule has 5 aromatic rings. The van der Waals surface area contributed by atoms with E-state index < -0.39 is 5.97 Å². The third-order valence-electron chi connectivity index (χ3n) is 8.83. The van der Waals surface area contributed by atoms with Gasteiger partial charge in [-0.2, -0.15) is 0 Å². The van der Waals surface area contributed by atoms with Crippen LogP contribution in [0.4, 0.5) is 0 Å². The number of nitrogens with zero attached hydrogens (tertiary/aromatic N) is 3. The summed E-state index contributed by atoms with van der Waals surface area (Å²) >= 11 is 6.35. The summed E-state index contributed by atoms with van der Waals surface area (Å²) in [5, 5.41) is 13.7. The lowest BCUT2D eigenvalue weighted by Crippen LogP contribution is -2.31. The van der Waals surface area contributed by atoms with Crippen molar-refractivity contribution in [2.24, 2.45) is 0 Å². The van der Waals surface area contributed by atoms with E-state index >= 15 is 0 Å². The van der Waals surface area contributed by atoms with Crippen molar-refractivity contribution in [1.29, 1.82) is 0 Å². The summed E-state index contributed by atoms with van der Waals surface area (Å²) in [6.45, 7) is 3.55. The second-order valence-electron chi connectivity index (χ2n) is 12.0. The lowest BCUT2D eigenvalue weighted by Gasteiger charge is -2.27. The third-order valence-corrected chi connectivity index (χ3v) is 9.06. The molecule has 1 fully saturated rings. The number of likely N-dealkylation sites (N-methyl/N-ethyl adjacent to an activating group) is 1. The van der Waals surface area contributed by atoms with E-state index in [-0.39, 0.29) is 11.7 Å². The molecule has 1 atom stereocenters. The van der Waals surface area contributed by atoms with Crippen LogP contribution in [0.1, 0.15) is 44.9 Å². The van der Waals surface area contributed by atoms with Gasteiger partial charge in [-0.15, -0.1) is 0 Å². The standard InChI is InChI=1S/C37H37ClN4O6/c1-39-11-14-47-33-18-27(37(43)44)17-32-36(33)41-34(42(32)20-30-10-13-46-30)19-23-5-6-25-15-28(23)21-45-12-9-24-16-29(38)8-7-26(24)22-48-35-4-2-3-31(25)40-35/h2-8,15-18,30,39H,9-14,19-22H2,1H3,(H,43,44). The Morgan fingerprint density at radius 1 is 1.04 bits per heavy atom. The summed E-state index contributed by atoms with van der Waals surface area (Å²) in [6.07, 6.45) is 2.14. The molecule has 10 nitrogen and oxygen atoms in total. The Bertz CT molecular complexity index is 1960. The molecule has 48 heavy (non-hydrogen) atoms. The normalized spacial score (nSPS) is 16.0. The van der Waals surface area contributed by atoms with Gasteiger partial charge in [-0.05, 0) is 78.5 Å². The van der Waals surface area contributed by atoms with Gasteiger partial charge in [-0.25, -0.2) is 14.8 Å². The predicted octanol–water partition coefficient (Wildman–Crippen LogP) is 6.08. The summed E-state index contributed by atoms with van der Waals surface area (Å²) in [5.41, 5.74) is 7.42. The van der Waals surface area contributed by atoms with E-state index in [2.05, 4.69) is 28.1 Å². The highest BCUT2D eigenvalue weighted by molar-refractivity contribution is 6.30. The Labute approximate surface area is 283 Å². The van der Waals surface area contributed by atoms with Gasteiger partial charge in [0, 0.05) is 36.2 Å². The number of ether oxygens (including phenoxy) is 4. The molecule has 0 aliphatic carbocycles. The van der Waals surface area contributed by atoms with Crippen LogP contribution in [-0.2, 0) is 42.1 Å². The number of fused-ring (bicyclic) bond motifs is 7. The fourth-order valence-electron chi connectivity index (χ4n) is 6.11. The van der Waals surface area contributed by atoms with Crippen molar-refractivity contribution in [3.63, 3.8) is 0 Å². The first-order valence-electron chi connectivity index (χ1n) is 16.2. The van der Waals surface area contributed by atoms with Crippen molar-refractivity contribution in [3.8, 4) is 22.9 Å². The number of carboxylic acids is 1. The Balaban J connectivity index is 1.27. The Hall–Kier alpha value is -4.48. The second kappa shape index (κ2) is 14.3. The molecule has 0 spiro atoms. The molecule has 2 aliphatic rings. The molecule has 2 aromatic heterocycles. The number of pyridine rings is 1. The first kappa shape index (κ1) is 32.1. The molecule has 1 saturated heterocycles. The summed E-state index contributed by atoms with van der Waals surface area (Å²) in [4.78, 5) is 22.0. The minimum Gasteiger partial charge on any atom is -0.490 e. The van der Waals surface area contributed by atoms with Gasteiger partial charge < -0.3 is 33.9 Å². The van der Waals surface area contributed by atoms with Crippen molar-refractivity contribution >= 4 is 28.6 Å². The van der Waals surface area contributed by atoms with E-state index in [1.165, 1.54) is 0 Å². The first-order chi connectivity index (χ1) is 23.4. The van der Waals surface area contributed by atoms with Gasteiger partial charge in [0.05, 0.1) is 42.6 Å². The van der Waals surface area contributed by atoms with Gasteiger partial charge in [0.2, 0.25) is 5.88 Å². The molecule has 7 rings (SSSR count). The molecule has 2 N–H and O–H groups in total. The number of aromatic nitrogens is 3. The van der Waals surface area contributed by atoms with Crippen molar-refractivity contribution in [2.45, 2.75) is 45.1 Å². The fraction of sp³-hybridized carbons (Fsp3) is 0.324. The molecule has 248 valence electrons. The number of hydrogen-bond donors (Lipinski definition) is 2. The monoisotopic (exact) mass is 668 g/mol. The smallest absolute Gasteiger partial charge is 0.335 e. The molecule has 4 bridgehead atoms. The number of halogens is 1. The van der Waals surface area contributed by atoms with Crippen molar-refractivity contribution < 1.29 is 28.8 Å². The molecule has 11 heteroatoms. The van der Waals surface area contributed by atoms with Gasteiger partial charge in [0.25, 0.3) is 0 Å². The molecule has 3 aromatic carbocycles. The van der Waals surface area contributed by atoms with Crippen LogP contribution < -0.4 is 14.8 Å². The minimum absolute atomic E-state index is 0.0315. The van der Waals surface area contributed by atoms with Crippen LogP contribution in [-0.4, -0.2) is 65.1 Å². The quantitative estimate of drug-likeness (QED) is 0.180. The van der Waals surface area contributed by atoms with E-state index in [0.717, 1.165) is 45.8 Å². The van der Waals surface area contributed by atoms with E-state index in [1.807, 2.05) is 43.4 Å². The zero-order valence-electron chi connectivity index (χ0n) is 26.7. The second-order valence-corrected chi connectivity index (χ2v) is 12.5. The highest BCUT2D eigenvalue weighted by Gasteiger charge is 2.25. The number of carbonyl (C=O) groups is 1. The Morgan fingerprint density at radius 2 is 1.94 bits per heavy atom. The maximum Gasteiger partial charge on any atom is 0.335 e. The van der Waals surface area contributed by atoms with Gasteiger partial charge >= 0.3 is 5.97 Å². The lowest BCUT2D eigenvalue weighted by atomic mass is 9.99. The molecule has 0 radical (unpaired) electrons. The molecule has 0 saturated carbocycles. The zero-order chi connectivity index (χ0) is 33.0. The van der Waals surface area contributed by atoms with Crippen LogP contribution in [0.2, 0.25) is 5.02 Å². The highest BCUT2D eigenvalue weighted by Crippen LogP contribution is 2.32.